The van der Waals surface area contributed by atoms with Gasteiger partial charge in [0.05, 0.1) is 16.3 Å². The zero-order valence-electron chi connectivity index (χ0n) is 37.0. The number of urea groups is 1. The molecule has 358 valence electrons. The minimum atomic E-state index is -3.75. The van der Waals surface area contributed by atoms with Gasteiger partial charge in [0.15, 0.2) is 17.2 Å². The first-order valence-corrected chi connectivity index (χ1v) is 25.6. The predicted molar refractivity (Wildman–Crippen MR) is 259 cm³/mol. The number of fused-ring (bicyclic) bond motifs is 2. The number of carboxylic acids is 2. The number of carbonyl (C=O) groups excluding carboxylic acids is 4. The van der Waals surface area contributed by atoms with Gasteiger partial charge in [-0.05, 0) is 109 Å². The van der Waals surface area contributed by atoms with Crippen molar-refractivity contribution in [3.8, 4) is 16.2 Å². The minimum absolute atomic E-state index is 0.00763. The van der Waals surface area contributed by atoms with Crippen LogP contribution in [0.4, 0.5) is 21.9 Å². The maximum absolute atomic E-state index is 14.1. The van der Waals surface area contributed by atoms with Crippen molar-refractivity contribution in [2.24, 2.45) is 0 Å². The first-order valence-electron chi connectivity index (χ1n) is 22.8. The summed E-state index contributed by atoms with van der Waals surface area (Å²) >= 11 is 7.43. The molecule has 20 heteroatoms. The number of nitrogens with zero attached hydrogens (tertiary/aromatic N) is 3. The number of carboxylic acid groups (broad SMARTS) is 2. The van der Waals surface area contributed by atoms with Crippen molar-refractivity contribution in [1.82, 2.24) is 14.5 Å². The van der Waals surface area contributed by atoms with E-state index >= 15 is 0 Å². The summed E-state index contributed by atoms with van der Waals surface area (Å²) in [5.41, 5.74) is 4.66. The Morgan fingerprint density at radius 3 is 2.32 bits per heavy atom. The van der Waals surface area contributed by atoms with Crippen LogP contribution in [0.5, 0.6) is 5.75 Å². The Morgan fingerprint density at radius 2 is 1.59 bits per heavy atom. The number of piperidine rings is 3. The number of amides is 5. The van der Waals surface area contributed by atoms with Gasteiger partial charge in [0, 0.05) is 60.0 Å². The van der Waals surface area contributed by atoms with Gasteiger partial charge in [0.1, 0.15) is 11.1 Å². The number of anilines is 3. The van der Waals surface area contributed by atoms with Crippen LogP contribution in [-0.2, 0) is 30.2 Å². The second-order valence-electron chi connectivity index (χ2n) is 18.2. The summed E-state index contributed by atoms with van der Waals surface area (Å²) in [4.78, 5) is 78.4. The van der Waals surface area contributed by atoms with Crippen LogP contribution >= 0.6 is 22.9 Å². The SMILES string of the molecule is O=C(O)COc1c(C(=O)O)sc(-c2cccc(NC3CC4CCC(C3)N4S(=O)(=O)Cc3cccc(NC(=O)N4CCC(c5ccc6c7c(cccc57)C(=O)N6C5CCC(=O)NC5=O)CC4)c3)c2)c1Cl. The summed E-state index contributed by atoms with van der Waals surface area (Å²) in [6.07, 6.45) is 4.39. The van der Waals surface area contributed by atoms with Crippen LogP contribution in [0.2, 0.25) is 5.02 Å². The fourth-order valence-electron chi connectivity index (χ4n) is 10.9. The Kier molecular flexibility index (Phi) is 12.3. The van der Waals surface area contributed by atoms with Crippen molar-refractivity contribution in [3.05, 3.63) is 105 Å². The number of imide groups is 1. The molecule has 5 aliphatic rings. The van der Waals surface area contributed by atoms with Gasteiger partial charge in [-0.3, -0.25) is 24.6 Å². The molecule has 4 aromatic carbocycles. The van der Waals surface area contributed by atoms with Gasteiger partial charge in [-0.2, -0.15) is 4.31 Å². The summed E-state index contributed by atoms with van der Waals surface area (Å²) < 4.78 is 35.1. The standard InChI is InChI=1S/C49H47ClN6O11S2/c50-42-43(67-24-40(58)59)45(48(62)63)68-44(42)28-5-2-7-30(21-28)51-31-22-32-10-11-33(23-31)56(32)69(65,66)25-26-4-1-6-29(20-26)52-49(64)54-18-16-27(17-19-54)34-12-13-37-41-35(34)8-3-9-36(41)47(61)55(37)38-14-15-39(57)53-46(38)60/h1-9,12-13,20-21,27,31-33,38,51H,10-11,14-19,22-25H2,(H,52,64)(H,58,59)(H,62,63)(H,53,57,60). The van der Waals surface area contributed by atoms with Crippen molar-refractivity contribution in [2.45, 2.75) is 87.2 Å². The summed E-state index contributed by atoms with van der Waals surface area (Å²) in [7, 11) is -3.75. The molecule has 6 heterocycles. The lowest BCUT2D eigenvalue weighted by Gasteiger charge is -2.38. The van der Waals surface area contributed by atoms with Gasteiger partial charge in [0.25, 0.3) is 5.91 Å². The lowest BCUT2D eigenvalue weighted by Crippen LogP contribution is -2.53. The number of rotatable bonds is 13. The Balaban J connectivity index is 0.750. The lowest BCUT2D eigenvalue weighted by atomic mass is 9.85. The van der Waals surface area contributed by atoms with Gasteiger partial charge in [0.2, 0.25) is 21.8 Å². The van der Waals surface area contributed by atoms with Gasteiger partial charge in [-0.1, -0.05) is 54.1 Å². The topological polar surface area (TPSA) is 232 Å². The number of nitrogens with one attached hydrogen (secondary N) is 3. The van der Waals surface area contributed by atoms with Crippen LogP contribution < -0.4 is 25.6 Å². The molecule has 17 nitrogen and oxygen atoms in total. The van der Waals surface area contributed by atoms with E-state index in [0.29, 0.717) is 71.7 Å². The summed E-state index contributed by atoms with van der Waals surface area (Å²) in [6, 6.07) is 22.2. The number of aliphatic carboxylic acids is 1. The number of carbonyl (C=O) groups is 6. The average Bonchev–Trinajstić information content (AvgIpc) is 3.92. The van der Waals surface area contributed by atoms with Crippen LogP contribution in [0.25, 0.3) is 21.2 Å². The van der Waals surface area contributed by atoms with Gasteiger partial charge >= 0.3 is 18.0 Å². The number of hydrogen-bond donors (Lipinski definition) is 5. The van der Waals surface area contributed by atoms with Crippen LogP contribution in [0, 0.1) is 0 Å². The highest BCUT2D eigenvalue weighted by molar-refractivity contribution is 7.88. The monoisotopic (exact) mass is 994 g/mol. The van der Waals surface area contributed by atoms with Crippen molar-refractivity contribution >= 4 is 96.5 Å². The third kappa shape index (κ3) is 8.88. The molecule has 10 rings (SSSR count). The zero-order chi connectivity index (χ0) is 48.3. The molecule has 0 aliphatic carbocycles. The van der Waals surface area contributed by atoms with Crippen molar-refractivity contribution in [2.75, 3.05) is 35.2 Å². The van der Waals surface area contributed by atoms with E-state index in [2.05, 4.69) is 16.0 Å². The van der Waals surface area contributed by atoms with Crippen LogP contribution in [0.3, 0.4) is 0 Å². The number of sulfonamides is 1. The zero-order valence-corrected chi connectivity index (χ0v) is 39.4. The Labute approximate surface area is 405 Å². The molecule has 0 saturated carbocycles. The molecule has 2 bridgehead atoms. The smallest absolute Gasteiger partial charge is 0.349 e. The number of aromatic carboxylic acids is 1. The number of benzene rings is 4. The van der Waals surface area contributed by atoms with Gasteiger partial charge < -0.3 is 30.5 Å². The van der Waals surface area contributed by atoms with E-state index in [4.69, 9.17) is 21.4 Å². The van der Waals surface area contributed by atoms with Crippen molar-refractivity contribution < 1.29 is 52.1 Å². The Bertz CT molecular complexity index is 3070. The first kappa shape index (κ1) is 46.2. The van der Waals surface area contributed by atoms with E-state index in [1.807, 2.05) is 36.4 Å². The van der Waals surface area contributed by atoms with Crippen LogP contribution in [-0.4, -0.2) is 107 Å². The minimum Gasteiger partial charge on any atom is -0.479 e. The molecule has 0 radical (unpaired) electrons. The molecular weight excluding hydrogens is 948 g/mol. The van der Waals surface area contributed by atoms with E-state index in [-0.39, 0.29) is 76.1 Å². The molecule has 1 aromatic heterocycles. The molecule has 0 spiro atoms. The fraction of sp³-hybridized carbons (Fsp3) is 0.347. The van der Waals surface area contributed by atoms with Gasteiger partial charge in [-0.15, -0.1) is 11.3 Å². The van der Waals surface area contributed by atoms with E-state index in [0.717, 1.165) is 46.2 Å². The molecule has 4 saturated heterocycles. The average molecular weight is 996 g/mol. The lowest BCUT2D eigenvalue weighted by molar-refractivity contribution is -0.139. The van der Waals surface area contributed by atoms with E-state index < -0.39 is 40.5 Å². The van der Waals surface area contributed by atoms with Crippen molar-refractivity contribution in [1.29, 1.82) is 0 Å². The predicted octanol–water partition coefficient (Wildman–Crippen LogP) is 7.50. The molecule has 5 amide bonds. The number of thiophene rings is 1. The molecule has 3 unspecified atom stereocenters. The highest BCUT2D eigenvalue weighted by Gasteiger charge is 2.47. The van der Waals surface area contributed by atoms with E-state index in [1.165, 1.54) is 4.90 Å². The number of ether oxygens (including phenoxy) is 1. The second kappa shape index (κ2) is 18.4. The Hall–Kier alpha value is -6.54. The number of likely N-dealkylation sites (tertiary alicyclic amines) is 1. The number of hydrogen-bond acceptors (Lipinski definition) is 11. The first-order chi connectivity index (χ1) is 33.1. The molecule has 69 heavy (non-hydrogen) atoms. The van der Waals surface area contributed by atoms with Crippen LogP contribution in [0.15, 0.2) is 78.9 Å². The highest BCUT2D eigenvalue weighted by Crippen LogP contribution is 2.47. The molecule has 4 fully saturated rings. The molecular formula is C49H47ClN6O11S2. The summed E-state index contributed by atoms with van der Waals surface area (Å²) in [5, 5.41) is 29.4. The molecule has 3 atom stereocenters. The second-order valence-corrected chi connectivity index (χ2v) is 21.5. The molecule has 5 N–H and O–H groups in total. The third-order valence-corrected chi connectivity index (χ3v) is 17.5. The summed E-state index contributed by atoms with van der Waals surface area (Å²) in [6.45, 7) is 0.220. The third-order valence-electron chi connectivity index (χ3n) is 13.9. The normalized spacial score (nSPS) is 21.7. The fourth-order valence-corrected chi connectivity index (χ4v) is 14.4. The maximum Gasteiger partial charge on any atom is 0.349 e. The van der Waals surface area contributed by atoms with Crippen LogP contribution in [0.1, 0.15) is 88.4 Å². The van der Waals surface area contributed by atoms with E-state index in [1.54, 1.807) is 51.7 Å². The van der Waals surface area contributed by atoms with Crippen molar-refractivity contribution in [3.63, 3.8) is 0 Å². The summed E-state index contributed by atoms with van der Waals surface area (Å²) in [5.74, 6) is -3.94. The maximum atomic E-state index is 14.1. The number of halogens is 1. The Morgan fingerprint density at radius 1 is 0.870 bits per heavy atom. The molecule has 5 aliphatic heterocycles. The van der Waals surface area contributed by atoms with Gasteiger partial charge in [-0.25, -0.2) is 22.8 Å². The van der Waals surface area contributed by atoms with E-state index in [9.17, 15) is 42.3 Å². The molecule has 5 aromatic rings. The highest BCUT2D eigenvalue weighted by atomic mass is 35.5. The largest absolute Gasteiger partial charge is 0.479 e. The quantitative estimate of drug-likeness (QED) is 0.0722.